The van der Waals surface area contributed by atoms with Crippen LogP contribution >= 0.6 is 0 Å². The lowest BCUT2D eigenvalue weighted by Gasteiger charge is -2.12. The van der Waals surface area contributed by atoms with Crippen LogP contribution in [0.1, 0.15) is 11.4 Å². The van der Waals surface area contributed by atoms with E-state index in [4.69, 9.17) is 5.73 Å². The average Bonchev–Trinajstić information content (AvgIpc) is 2.64. The minimum atomic E-state index is 0.484. The fourth-order valence-electron chi connectivity index (χ4n) is 2.24. The molecule has 0 unspecified atom stereocenters. The highest BCUT2D eigenvalue weighted by Gasteiger charge is 2.10. The lowest BCUT2D eigenvalue weighted by molar-refractivity contribution is 1.13. The number of para-hydroxylation sites is 1. The van der Waals surface area contributed by atoms with Gasteiger partial charge in [-0.2, -0.15) is 0 Å². The molecule has 3 rings (SSSR count). The summed E-state index contributed by atoms with van der Waals surface area (Å²) in [4.78, 5) is 8.95. The molecule has 4 N–H and O–H groups in total. The maximum atomic E-state index is 6.14. The smallest absolute Gasteiger partial charge is 0.159 e. The van der Waals surface area contributed by atoms with E-state index in [0.717, 1.165) is 11.3 Å². The summed E-state index contributed by atoms with van der Waals surface area (Å²) in [5.41, 5.74) is 8.63. The molecule has 0 spiro atoms. The van der Waals surface area contributed by atoms with Crippen molar-refractivity contribution in [3.8, 4) is 0 Å². The second kappa shape index (κ2) is 7.28. The van der Waals surface area contributed by atoms with Crippen LogP contribution in [0.4, 0.5) is 23.0 Å². The fraction of sp³-hybridized carbons (Fsp3) is 0.0526. The van der Waals surface area contributed by atoms with Crippen molar-refractivity contribution in [2.45, 2.75) is 0 Å². The van der Waals surface area contributed by atoms with E-state index in [1.165, 1.54) is 0 Å². The highest BCUT2D eigenvalue weighted by molar-refractivity contribution is 5.79. The Morgan fingerprint density at radius 1 is 0.833 bits per heavy atom. The van der Waals surface area contributed by atoms with Crippen LogP contribution in [0, 0.1) is 0 Å². The standard InChI is InChI=1S/C19H19N5/c1-21-18-17(20)19(22-15-10-6-3-7-11-15)24-16(23-18)13-12-14-8-4-2-5-9-14/h2-13H,20H2,1H3,(H2,21,22,23,24)/b13-12+. The molecule has 0 aliphatic heterocycles. The first-order valence-electron chi connectivity index (χ1n) is 7.67. The molecule has 0 radical (unpaired) electrons. The molecule has 120 valence electrons. The molecule has 5 heteroatoms. The molecule has 5 nitrogen and oxygen atoms in total. The molecule has 1 heterocycles. The Balaban J connectivity index is 1.93. The number of benzene rings is 2. The van der Waals surface area contributed by atoms with Crippen LogP contribution in [-0.2, 0) is 0 Å². The molecule has 0 saturated carbocycles. The van der Waals surface area contributed by atoms with Gasteiger partial charge < -0.3 is 16.4 Å². The lowest BCUT2D eigenvalue weighted by Crippen LogP contribution is -2.07. The number of nitrogens with two attached hydrogens (primary N) is 1. The van der Waals surface area contributed by atoms with Gasteiger partial charge in [0.15, 0.2) is 17.5 Å². The summed E-state index contributed by atoms with van der Waals surface area (Å²) in [5, 5.41) is 6.25. The molecular weight excluding hydrogens is 298 g/mol. The molecule has 0 bridgehead atoms. The van der Waals surface area contributed by atoms with Gasteiger partial charge in [-0.15, -0.1) is 0 Å². The van der Waals surface area contributed by atoms with Crippen LogP contribution in [0.25, 0.3) is 12.2 Å². The zero-order chi connectivity index (χ0) is 16.8. The number of nitrogens with zero attached hydrogens (tertiary/aromatic N) is 2. The molecule has 0 aliphatic rings. The molecule has 0 atom stereocenters. The molecule has 2 aromatic carbocycles. The van der Waals surface area contributed by atoms with Crippen LogP contribution in [0.5, 0.6) is 0 Å². The van der Waals surface area contributed by atoms with E-state index in [1.54, 1.807) is 7.05 Å². The first-order valence-corrected chi connectivity index (χ1v) is 7.67. The van der Waals surface area contributed by atoms with E-state index >= 15 is 0 Å². The Labute approximate surface area is 141 Å². The first-order chi connectivity index (χ1) is 11.8. The third-order valence-corrected chi connectivity index (χ3v) is 3.46. The van der Waals surface area contributed by atoms with Crippen LogP contribution in [-0.4, -0.2) is 17.0 Å². The van der Waals surface area contributed by atoms with Gasteiger partial charge in [-0.3, -0.25) is 0 Å². The topological polar surface area (TPSA) is 75.9 Å². The number of hydrogen-bond donors (Lipinski definition) is 3. The lowest BCUT2D eigenvalue weighted by atomic mass is 10.2. The van der Waals surface area contributed by atoms with Crippen molar-refractivity contribution in [2.24, 2.45) is 0 Å². The quantitative estimate of drug-likeness (QED) is 0.663. The minimum Gasteiger partial charge on any atom is -0.393 e. The van der Waals surface area contributed by atoms with Gasteiger partial charge in [-0.25, -0.2) is 9.97 Å². The fourth-order valence-corrected chi connectivity index (χ4v) is 2.24. The Bertz CT molecular complexity index is 829. The van der Waals surface area contributed by atoms with Crippen molar-refractivity contribution in [2.75, 3.05) is 23.4 Å². The van der Waals surface area contributed by atoms with Gasteiger partial charge in [-0.05, 0) is 23.8 Å². The van der Waals surface area contributed by atoms with Crippen molar-refractivity contribution in [1.29, 1.82) is 0 Å². The van der Waals surface area contributed by atoms with Crippen LogP contribution in [0.3, 0.4) is 0 Å². The van der Waals surface area contributed by atoms with Gasteiger partial charge in [0, 0.05) is 12.7 Å². The number of rotatable bonds is 5. The summed E-state index contributed by atoms with van der Waals surface area (Å²) in [6, 6.07) is 19.8. The van der Waals surface area contributed by atoms with E-state index in [9.17, 15) is 0 Å². The van der Waals surface area contributed by atoms with Gasteiger partial charge in [0.2, 0.25) is 0 Å². The first kappa shape index (κ1) is 15.6. The minimum absolute atomic E-state index is 0.484. The van der Waals surface area contributed by atoms with E-state index in [0.29, 0.717) is 23.1 Å². The summed E-state index contributed by atoms with van der Waals surface area (Å²) in [6.45, 7) is 0. The normalized spacial score (nSPS) is 10.7. The third kappa shape index (κ3) is 3.70. The average molecular weight is 317 g/mol. The van der Waals surface area contributed by atoms with E-state index in [-0.39, 0.29) is 0 Å². The van der Waals surface area contributed by atoms with Crippen molar-refractivity contribution in [3.05, 3.63) is 72.1 Å². The maximum absolute atomic E-state index is 6.14. The Hall–Kier alpha value is -3.34. The molecule has 0 amide bonds. The van der Waals surface area contributed by atoms with Crippen molar-refractivity contribution >= 4 is 35.2 Å². The summed E-state index contributed by atoms with van der Waals surface area (Å²) < 4.78 is 0. The predicted molar refractivity (Wildman–Crippen MR) is 101 cm³/mol. The molecule has 0 saturated heterocycles. The number of nitrogen functional groups attached to an aromatic ring is 1. The maximum Gasteiger partial charge on any atom is 0.159 e. The zero-order valence-corrected chi connectivity index (χ0v) is 13.4. The second-order valence-electron chi connectivity index (χ2n) is 5.18. The van der Waals surface area contributed by atoms with Gasteiger partial charge in [0.05, 0.1) is 0 Å². The number of hydrogen-bond acceptors (Lipinski definition) is 5. The van der Waals surface area contributed by atoms with Crippen LogP contribution < -0.4 is 16.4 Å². The number of anilines is 4. The summed E-state index contributed by atoms with van der Waals surface area (Å²) >= 11 is 0. The molecule has 1 aromatic heterocycles. The third-order valence-electron chi connectivity index (χ3n) is 3.46. The van der Waals surface area contributed by atoms with Crippen LogP contribution in [0.15, 0.2) is 60.7 Å². The van der Waals surface area contributed by atoms with Crippen molar-refractivity contribution in [1.82, 2.24) is 9.97 Å². The van der Waals surface area contributed by atoms with Gasteiger partial charge >= 0.3 is 0 Å². The number of aromatic nitrogens is 2. The molecule has 0 aliphatic carbocycles. The highest BCUT2D eigenvalue weighted by atomic mass is 15.1. The molecule has 24 heavy (non-hydrogen) atoms. The summed E-state index contributed by atoms with van der Waals surface area (Å²) in [5.74, 6) is 1.75. The SMILES string of the molecule is CNc1nc(/C=C/c2ccccc2)nc(Nc2ccccc2)c1N. The highest BCUT2D eigenvalue weighted by Crippen LogP contribution is 2.27. The molecule has 0 fully saturated rings. The largest absolute Gasteiger partial charge is 0.393 e. The van der Waals surface area contributed by atoms with Crippen LogP contribution in [0.2, 0.25) is 0 Å². The number of nitrogens with one attached hydrogen (secondary N) is 2. The Morgan fingerprint density at radius 2 is 1.46 bits per heavy atom. The van der Waals surface area contributed by atoms with Crippen molar-refractivity contribution in [3.63, 3.8) is 0 Å². The predicted octanol–water partition coefficient (Wildman–Crippen LogP) is 4.01. The molecular formula is C19H19N5. The van der Waals surface area contributed by atoms with E-state index in [1.807, 2.05) is 72.8 Å². The van der Waals surface area contributed by atoms with E-state index < -0.39 is 0 Å². The van der Waals surface area contributed by atoms with Gasteiger partial charge in [0.25, 0.3) is 0 Å². The zero-order valence-electron chi connectivity index (χ0n) is 13.4. The second-order valence-corrected chi connectivity index (χ2v) is 5.18. The van der Waals surface area contributed by atoms with Gasteiger partial charge in [-0.1, -0.05) is 54.6 Å². The van der Waals surface area contributed by atoms with E-state index in [2.05, 4.69) is 20.6 Å². The monoisotopic (exact) mass is 317 g/mol. The Morgan fingerprint density at radius 3 is 2.12 bits per heavy atom. The summed E-state index contributed by atoms with van der Waals surface area (Å²) in [6.07, 6.45) is 3.84. The Kier molecular flexibility index (Phi) is 4.72. The van der Waals surface area contributed by atoms with Gasteiger partial charge in [0.1, 0.15) is 5.69 Å². The van der Waals surface area contributed by atoms with Crippen molar-refractivity contribution < 1.29 is 0 Å². The summed E-state index contributed by atoms with van der Waals surface area (Å²) in [7, 11) is 1.79. The molecule has 3 aromatic rings.